The quantitative estimate of drug-likeness (QED) is 0.588. The molecular formula is C20H18N4O2. The van der Waals surface area contributed by atoms with E-state index in [0.717, 1.165) is 39.0 Å². The lowest BCUT2D eigenvalue weighted by Gasteiger charge is -2.07. The molecule has 0 spiro atoms. The summed E-state index contributed by atoms with van der Waals surface area (Å²) in [7, 11) is 1.58. The molecule has 4 aromatic rings. The largest absolute Gasteiger partial charge is 0.479 e. The molecule has 130 valence electrons. The number of hydrogen-bond donors (Lipinski definition) is 2. The summed E-state index contributed by atoms with van der Waals surface area (Å²) in [5, 5.41) is 19.3. The maximum Gasteiger partial charge on any atom is 0.242 e. The fourth-order valence-electron chi connectivity index (χ4n) is 2.94. The van der Waals surface area contributed by atoms with Crippen molar-refractivity contribution in [1.29, 1.82) is 0 Å². The van der Waals surface area contributed by atoms with Gasteiger partial charge in [-0.25, -0.2) is 0 Å². The first kappa shape index (κ1) is 16.2. The SMILES string of the molecule is COc1nnc(-c2ccncc2)cc1-c1cc2ccc(C(C)O)cc2[nH]1. The number of aromatic nitrogens is 4. The summed E-state index contributed by atoms with van der Waals surface area (Å²) < 4.78 is 5.40. The third-order valence-corrected chi connectivity index (χ3v) is 4.35. The van der Waals surface area contributed by atoms with E-state index in [1.165, 1.54) is 0 Å². The van der Waals surface area contributed by atoms with Gasteiger partial charge in [-0.1, -0.05) is 12.1 Å². The van der Waals surface area contributed by atoms with E-state index in [1.54, 1.807) is 26.4 Å². The van der Waals surface area contributed by atoms with E-state index in [2.05, 4.69) is 20.2 Å². The number of benzene rings is 1. The number of hydrogen-bond acceptors (Lipinski definition) is 5. The van der Waals surface area contributed by atoms with Gasteiger partial charge in [0, 0.05) is 28.9 Å². The maximum absolute atomic E-state index is 9.79. The first-order valence-corrected chi connectivity index (χ1v) is 8.29. The van der Waals surface area contributed by atoms with E-state index < -0.39 is 6.10 Å². The van der Waals surface area contributed by atoms with Crippen molar-refractivity contribution in [2.24, 2.45) is 0 Å². The van der Waals surface area contributed by atoms with Crippen molar-refractivity contribution in [1.82, 2.24) is 20.2 Å². The molecule has 6 nitrogen and oxygen atoms in total. The molecule has 1 atom stereocenters. The van der Waals surface area contributed by atoms with Crippen molar-refractivity contribution in [2.45, 2.75) is 13.0 Å². The molecule has 0 saturated carbocycles. The van der Waals surface area contributed by atoms with Gasteiger partial charge in [-0.15, -0.1) is 10.2 Å². The molecule has 0 bridgehead atoms. The van der Waals surface area contributed by atoms with E-state index in [1.807, 2.05) is 42.5 Å². The van der Waals surface area contributed by atoms with Crippen LogP contribution in [0.2, 0.25) is 0 Å². The van der Waals surface area contributed by atoms with Gasteiger partial charge in [-0.3, -0.25) is 4.98 Å². The predicted molar refractivity (Wildman–Crippen MR) is 99.7 cm³/mol. The first-order chi connectivity index (χ1) is 12.7. The Morgan fingerprint density at radius 1 is 1.04 bits per heavy atom. The lowest BCUT2D eigenvalue weighted by molar-refractivity contribution is 0.199. The highest BCUT2D eigenvalue weighted by Gasteiger charge is 2.14. The van der Waals surface area contributed by atoms with Crippen molar-refractivity contribution in [3.8, 4) is 28.4 Å². The number of nitrogens with zero attached hydrogens (tertiary/aromatic N) is 3. The summed E-state index contributed by atoms with van der Waals surface area (Å²) in [4.78, 5) is 7.43. The van der Waals surface area contributed by atoms with Crippen molar-refractivity contribution in [2.75, 3.05) is 7.11 Å². The fourth-order valence-corrected chi connectivity index (χ4v) is 2.94. The fraction of sp³-hybridized carbons (Fsp3) is 0.150. The third kappa shape index (κ3) is 2.91. The lowest BCUT2D eigenvalue weighted by Crippen LogP contribution is -1.96. The summed E-state index contributed by atoms with van der Waals surface area (Å²) in [6, 6.07) is 13.6. The molecule has 1 aromatic carbocycles. The molecule has 6 heteroatoms. The molecule has 26 heavy (non-hydrogen) atoms. The number of H-pyrrole nitrogens is 1. The van der Waals surface area contributed by atoms with E-state index in [9.17, 15) is 5.11 Å². The lowest BCUT2D eigenvalue weighted by atomic mass is 10.1. The summed E-state index contributed by atoms with van der Waals surface area (Å²) in [5.41, 5.74) is 5.19. The number of rotatable bonds is 4. The van der Waals surface area contributed by atoms with Gasteiger partial charge in [0.15, 0.2) is 0 Å². The van der Waals surface area contributed by atoms with Gasteiger partial charge >= 0.3 is 0 Å². The molecule has 0 fully saturated rings. The minimum Gasteiger partial charge on any atom is -0.479 e. The number of aliphatic hydroxyl groups excluding tert-OH is 1. The van der Waals surface area contributed by atoms with E-state index >= 15 is 0 Å². The Balaban J connectivity index is 1.84. The Morgan fingerprint density at radius 2 is 1.85 bits per heavy atom. The molecule has 0 aliphatic rings. The molecule has 0 radical (unpaired) electrons. The van der Waals surface area contributed by atoms with E-state index in [-0.39, 0.29) is 0 Å². The minimum atomic E-state index is -0.512. The predicted octanol–water partition coefficient (Wildman–Crippen LogP) is 3.75. The smallest absolute Gasteiger partial charge is 0.242 e. The van der Waals surface area contributed by atoms with Crippen LogP contribution in [0.1, 0.15) is 18.6 Å². The number of aliphatic hydroxyl groups is 1. The highest BCUT2D eigenvalue weighted by molar-refractivity contribution is 5.87. The average molecular weight is 346 g/mol. The molecule has 2 N–H and O–H groups in total. The number of ether oxygens (including phenoxy) is 1. The zero-order valence-electron chi connectivity index (χ0n) is 14.5. The molecule has 0 aliphatic heterocycles. The third-order valence-electron chi connectivity index (χ3n) is 4.35. The molecule has 3 heterocycles. The highest BCUT2D eigenvalue weighted by Crippen LogP contribution is 2.33. The normalized spacial score (nSPS) is 12.3. The van der Waals surface area contributed by atoms with Crippen molar-refractivity contribution in [3.05, 3.63) is 60.4 Å². The van der Waals surface area contributed by atoms with Crippen LogP contribution in [0.3, 0.4) is 0 Å². The summed E-state index contributed by atoms with van der Waals surface area (Å²) >= 11 is 0. The van der Waals surface area contributed by atoms with Crippen molar-refractivity contribution in [3.63, 3.8) is 0 Å². The average Bonchev–Trinajstić information content (AvgIpc) is 3.11. The topological polar surface area (TPSA) is 83.9 Å². The Hall–Kier alpha value is -3.25. The summed E-state index contributed by atoms with van der Waals surface area (Å²) in [6.45, 7) is 1.75. The Morgan fingerprint density at radius 3 is 2.58 bits per heavy atom. The van der Waals surface area contributed by atoms with Gasteiger partial charge < -0.3 is 14.8 Å². The van der Waals surface area contributed by atoms with Gasteiger partial charge in [0.25, 0.3) is 0 Å². The second-order valence-electron chi connectivity index (χ2n) is 6.09. The van der Waals surface area contributed by atoms with Crippen LogP contribution in [-0.2, 0) is 0 Å². The number of pyridine rings is 1. The van der Waals surface area contributed by atoms with Crippen molar-refractivity contribution < 1.29 is 9.84 Å². The van der Waals surface area contributed by atoms with Gasteiger partial charge in [-0.2, -0.15) is 0 Å². The van der Waals surface area contributed by atoms with Crippen LogP contribution in [0.15, 0.2) is 54.9 Å². The van der Waals surface area contributed by atoms with Crippen LogP contribution in [0.5, 0.6) is 5.88 Å². The monoisotopic (exact) mass is 346 g/mol. The van der Waals surface area contributed by atoms with Crippen LogP contribution < -0.4 is 4.74 Å². The molecule has 0 aliphatic carbocycles. The zero-order valence-corrected chi connectivity index (χ0v) is 14.5. The van der Waals surface area contributed by atoms with Crippen LogP contribution in [-0.4, -0.2) is 32.4 Å². The molecule has 4 rings (SSSR count). The second-order valence-corrected chi connectivity index (χ2v) is 6.09. The molecular weight excluding hydrogens is 328 g/mol. The van der Waals surface area contributed by atoms with E-state index in [4.69, 9.17) is 4.74 Å². The molecule has 0 saturated heterocycles. The van der Waals surface area contributed by atoms with Crippen LogP contribution >= 0.6 is 0 Å². The second kappa shape index (κ2) is 6.57. The molecule has 0 amide bonds. The van der Waals surface area contributed by atoms with E-state index in [0.29, 0.717) is 5.88 Å². The Bertz CT molecular complexity index is 1060. The first-order valence-electron chi connectivity index (χ1n) is 8.29. The Labute approximate surface area is 150 Å². The maximum atomic E-state index is 9.79. The molecule has 3 aromatic heterocycles. The zero-order chi connectivity index (χ0) is 18.1. The van der Waals surface area contributed by atoms with Crippen LogP contribution in [0.25, 0.3) is 33.4 Å². The van der Waals surface area contributed by atoms with Gasteiger partial charge in [0.1, 0.15) is 0 Å². The highest BCUT2D eigenvalue weighted by atomic mass is 16.5. The number of nitrogens with one attached hydrogen (secondary N) is 1. The standard InChI is InChI=1S/C20H18N4O2/c1-12(25)14-3-4-15-10-19(22-17(15)9-14)16-11-18(23-24-20(16)26-2)13-5-7-21-8-6-13/h3-12,22,25H,1-2H3. The van der Waals surface area contributed by atoms with Crippen LogP contribution in [0, 0.1) is 0 Å². The number of methoxy groups -OCH3 is 1. The Kier molecular flexibility index (Phi) is 4.10. The summed E-state index contributed by atoms with van der Waals surface area (Å²) in [5.74, 6) is 0.449. The van der Waals surface area contributed by atoms with Crippen LogP contribution in [0.4, 0.5) is 0 Å². The van der Waals surface area contributed by atoms with Gasteiger partial charge in [0.05, 0.1) is 30.2 Å². The van der Waals surface area contributed by atoms with Gasteiger partial charge in [0.2, 0.25) is 5.88 Å². The van der Waals surface area contributed by atoms with Crippen molar-refractivity contribution >= 4 is 10.9 Å². The van der Waals surface area contributed by atoms with Gasteiger partial charge in [-0.05, 0) is 42.8 Å². The minimum absolute atomic E-state index is 0.449. The number of fused-ring (bicyclic) bond motifs is 1. The molecule has 1 unspecified atom stereocenters. The summed E-state index contributed by atoms with van der Waals surface area (Å²) in [6.07, 6.45) is 2.93. The number of aromatic amines is 1.